The first-order valence-corrected chi connectivity index (χ1v) is 14.9. The summed E-state index contributed by atoms with van der Waals surface area (Å²) in [5.41, 5.74) is 2.37. The van der Waals surface area contributed by atoms with E-state index < -0.39 is 8.07 Å². The zero-order valence-corrected chi connectivity index (χ0v) is 20.6. The summed E-state index contributed by atoms with van der Waals surface area (Å²) in [4.78, 5) is 11.3. The van der Waals surface area contributed by atoms with Crippen LogP contribution in [0.5, 0.6) is 5.75 Å². The van der Waals surface area contributed by atoms with Crippen molar-refractivity contribution in [2.24, 2.45) is 0 Å². The second kappa shape index (κ2) is 9.17. The Morgan fingerprint density at radius 1 is 1.12 bits per heavy atom. The minimum absolute atomic E-state index is 0.139. The number of hydrogen-bond donors (Lipinski definition) is 1. The number of ether oxygens (including phenoxy) is 2. The maximum atomic E-state index is 10.1. The van der Waals surface area contributed by atoms with Crippen molar-refractivity contribution in [1.82, 2.24) is 19.7 Å². The molecule has 0 amide bonds. The molecule has 32 heavy (non-hydrogen) atoms. The highest BCUT2D eigenvalue weighted by molar-refractivity contribution is 6.76. The zero-order chi connectivity index (χ0) is 22.9. The molecule has 4 rings (SSSR count). The standard InChI is InChI=1S/C23H33N5O3Si/c1-16-12-27(13-17(2)31-16)22-11-21(24-14-25-22)23-19-10-18(29)6-7-20(19)26-28(23)15-30-8-9-32(3,4)5/h6-7,10-11,14,16-17,29H,8-9,12-13,15H2,1-5H3/t16-,17+. The zero-order valence-electron chi connectivity index (χ0n) is 19.6. The second-order valence-electron chi connectivity index (χ2n) is 9.82. The molecule has 1 fully saturated rings. The van der Waals surface area contributed by atoms with E-state index in [0.29, 0.717) is 13.3 Å². The molecule has 1 aromatic carbocycles. The highest BCUT2D eigenvalue weighted by Crippen LogP contribution is 2.32. The van der Waals surface area contributed by atoms with Crippen molar-refractivity contribution in [2.45, 2.75) is 58.5 Å². The summed E-state index contributed by atoms with van der Waals surface area (Å²) < 4.78 is 13.7. The molecular formula is C23H33N5O3Si. The maximum Gasteiger partial charge on any atom is 0.140 e. The van der Waals surface area contributed by atoms with Crippen LogP contribution in [0.1, 0.15) is 13.8 Å². The lowest BCUT2D eigenvalue weighted by Crippen LogP contribution is -2.45. The lowest BCUT2D eigenvalue weighted by Gasteiger charge is -2.36. The van der Waals surface area contributed by atoms with E-state index in [0.717, 1.165) is 47.2 Å². The summed E-state index contributed by atoms with van der Waals surface area (Å²) in [5, 5.41) is 15.7. The van der Waals surface area contributed by atoms with Crippen LogP contribution in [-0.4, -0.2) is 64.8 Å². The molecule has 2 aromatic heterocycles. The Hall–Kier alpha value is -2.49. The van der Waals surface area contributed by atoms with E-state index in [9.17, 15) is 5.11 Å². The molecule has 3 heterocycles. The van der Waals surface area contributed by atoms with Crippen LogP contribution in [0.3, 0.4) is 0 Å². The van der Waals surface area contributed by atoms with Gasteiger partial charge in [-0.15, -0.1) is 0 Å². The molecule has 172 valence electrons. The molecule has 0 unspecified atom stereocenters. The molecule has 3 aromatic rings. The number of aromatic hydroxyl groups is 1. The van der Waals surface area contributed by atoms with Crippen LogP contribution in [0.15, 0.2) is 30.6 Å². The molecule has 0 spiro atoms. The van der Waals surface area contributed by atoms with E-state index in [1.165, 1.54) is 0 Å². The quantitative estimate of drug-likeness (QED) is 0.423. The van der Waals surface area contributed by atoms with Crippen LogP contribution in [0.25, 0.3) is 22.3 Å². The number of aromatic nitrogens is 4. The van der Waals surface area contributed by atoms with Crippen molar-refractivity contribution in [2.75, 3.05) is 24.6 Å². The van der Waals surface area contributed by atoms with Crippen LogP contribution >= 0.6 is 0 Å². The van der Waals surface area contributed by atoms with Gasteiger partial charge in [0.1, 0.15) is 24.6 Å². The van der Waals surface area contributed by atoms with Gasteiger partial charge in [0.15, 0.2) is 0 Å². The van der Waals surface area contributed by atoms with Crippen LogP contribution in [0, 0.1) is 0 Å². The molecule has 0 bridgehead atoms. The maximum absolute atomic E-state index is 10.1. The van der Waals surface area contributed by atoms with Crippen molar-refractivity contribution < 1.29 is 14.6 Å². The van der Waals surface area contributed by atoms with E-state index in [4.69, 9.17) is 14.6 Å². The van der Waals surface area contributed by atoms with Gasteiger partial charge in [0, 0.05) is 39.2 Å². The third-order valence-corrected chi connectivity index (χ3v) is 7.27. The molecule has 8 nitrogen and oxygen atoms in total. The first-order chi connectivity index (χ1) is 15.2. The number of rotatable bonds is 7. The van der Waals surface area contributed by atoms with Crippen molar-refractivity contribution in [3.8, 4) is 17.1 Å². The van der Waals surface area contributed by atoms with Gasteiger partial charge in [0.05, 0.1) is 29.1 Å². The third kappa shape index (κ3) is 5.28. The largest absolute Gasteiger partial charge is 0.508 e. The van der Waals surface area contributed by atoms with E-state index >= 15 is 0 Å². The number of phenolic OH excluding ortho intramolecular Hbond substituents is 1. The van der Waals surface area contributed by atoms with Crippen LogP contribution in [0.4, 0.5) is 5.82 Å². The predicted octanol–water partition coefficient (Wildman–Crippen LogP) is 4.12. The number of benzene rings is 1. The Morgan fingerprint density at radius 2 is 1.88 bits per heavy atom. The summed E-state index contributed by atoms with van der Waals surface area (Å²) in [5.74, 6) is 1.06. The average Bonchev–Trinajstić information content (AvgIpc) is 3.07. The van der Waals surface area contributed by atoms with Gasteiger partial charge in [0.25, 0.3) is 0 Å². The molecular weight excluding hydrogens is 422 g/mol. The van der Waals surface area contributed by atoms with Crippen molar-refractivity contribution in [3.05, 3.63) is 30.6 Å². The summed E-state index contributed by atoms with van der Waals surface area (Å²) in [6, 6.07) is 8.29. The molecule has 1 saturated heterocycles. The number of phenols is 1. The predicted molar refractivity (Wildman–Crippen MR) is 129 cm³/mol. The Kier molecular flexibility index (Phi) is 6.50. The van der Waals surface area contributed by atoms with Crippen molar-refractivity contribution in [3.63, 3.8) is 0 Å². The fraction of sp³-hybridized carbons (Fsp3) is 0.522. The summed E-state index contributed by atoms with van der Waals surface area (Å²) in [6.45, 7) is 13.8. The van der Waals surface area contributed by atoms with Gasteiger partial charge in [-0.25, -0.2) is 14.6 Å². The number of anilines is 1. The molecule has 0 aliphatic carbocycles. The van der Waals surface area contributed by atoms with E-state index in [-0.39, 0.29) is 18.0 Å². The first-order valence-electron chi connectivity index (χ1n) is 11.2. The van der Waals surface area contributed by atoms with Crippen molar-refractivity contribution in [1.29, 1.82) is 0 Å². The third-order valence-electron chi connectivity index (χ3n) is 5.57. The second-order valence-corrected chi connectivity index (χ2v) is 15.4. The van der Waals surface area contributed by atoms with E-state index in [1.54, 1.807) is 18.5 Å². The molecule has 0 radical (unpaired) electrons. The highest BCUT2D eigenvalue weighted by atomic mass is 28.3. The van der Waals surface area contributed by atoms with Crippen LogP contribution in [-0.2, 0) is 16.2 Å². The topological polar surface area (TPSA) is 85.5 Å². The molecule has 0 saturated carbocycles. The van der Waals surface area contributed by atoms with Gasteiger partial charge in [-0.2, -0.15) is 5.10 Å². The summed E-state index contributed by atoms with van der Waals surface area (Å²) in [7, 11) is -1.17. The van der Waals surface area contributed by atoms with Crippen LogP contribution < -0.4 is 4.90 Å². The fourth-order valence-electron chi connectivity index (χ4n) is 4.03. The Morgan fingerprint density at radius 3 is 2.59 bits per heavy atom. The van der Waals surface area contributed by atoms with Gasteiger partial charge in [-0.05, 0) is 38.1 Å². The lowest BCUT2D eigenvalue weighted by atomic mass is 10.1. The van der Waals surface area contributed by atoms with E-state index in [2.05, 4.69) is 48.4 Å². The number of nitrogens with zero attached hydrogens (tertiary/aromatic N) is 5. The average molecular weight is 456 g/mol. The molecule has 1 N–H and O–H groups in total. The smallest absolute Gasteiger partial charge is 0.140 e. The van der Waals surface area contributed by atoms with Gasteiger partial charge in [-0.3, -0.25) is 0 Å². The molecule has 1 aliphatic heterocycles. The summed E-state index contributed by atoms with van der Waals surface area (Å²) >= 11 is 0. The lowest BCUT2D eigenvalue weighted by molar-refractivity contribution is -0.00546. The van der Waals surface area contributed by atoms with E-state index in [1.807, 2.05) is 16.8 Å². The molecule has 1 aliphatic rings. The Bertz CT molecular complexity index is 1070. The summed E-state index contributed by atoms with van der Waals surface area (Å²) in [6.07, 6.45) is 1.87. The Balaban J connectivity index is 1.67. The Labute approximate surface area is 190 Å². The monoisotopic (exact) mass is 455 g/mol. The molecule has 9 heteroatoms. The number of hydrogen-bond acceptors (Lipinski definition) is 7. The van der Waals surface area contributed by atoms with Crippen molar-refractivity contribution >= 4 is 24.8 Å². The number of fused-ring (bicyclic) bond motifs is 1. The first kappa shape index (κ1) is 22.7. The SMILES string of the molecule is C[C@@H]1CN(c2cc(-c3c4cc(O)ccc4nn3COCC[Si](C)(C)C)ncn2)C[C@H](C)O1. The van der Waals surface area contributed by atoms with Crippen LogP contribution in [0.2, 0.25) is 25.7 Å². The fourth-order valence-corrected chi connectivity index (χ4v) is 4.78. The van der Waals surface area contributed by atoms with Gasteiger partial charge in [-0.1, -0.05) is 19.6 Å². The van der Waals surface area contributed by atoms with Gasteiger partial charge < -0.3 is 19.5 Å². The highest BCUT2D eigenvalue weighted by Gasteiger charge is 2.24. The minimum Gasteiger partial charge on any atom is -0.508 e. The van der Waals surface area contributed by atoms with Gasteiger partial charge >= 0.3 is 0 Å². The van der Waals surface area contributed by atoms with Gasteiger partial charge in [0.2, 0.25) is 0 Å². The molecule has 2 atom stereocenters. The number of morpholine rings is 1. The minimum atomic E-state index is -1.17. The normalized spacial score (nSPS) is 19.6.